The number of hydrogen-bond donors (Lipinski definition) is 0. The van der Waals surface area contributed by atoms with Crippen molar-refractivity contribution in [2.45, 2.75) is 0 Å². The monoisotopic (exact) mass is 341 g/mol. The molecule has 0 saturated carbocycles. The highest BCUT2D eigenvalue weighted by Crippen LogP contribution is 2.32. The van der Waals surface area contributed by atoms with Crippen LogP contribution >= 0.6 is 0 Å². The molecule has 0 aliphatic carbocycles. The standard InChI is InChI=1S/C24H20FN/c1-26(2)22-13-8-17(9-14-22)19-10-15-24-20(16-19)4-3-5-23(24)18-6-11-21(25)12-7-18/h3-16H,1-2H3. The lowest BCUT2D eigenvalue weighted by Crippen LogP contribution is -2.07. The van der Waals surface area contributed by atoms with Gasteiger partial charge in [0.2, 0.25) is 0 Å². The van der Waals surface area contributed by atoms with Crippen molar-refractivity contribution in [3.8, 4) is 22.3 Å². The summed E-state index contributed by atoms with van der Waals surface area (Å²) in [6.45, 7) is 0. The van der Waals surface area contributed by atoms with Gasteiger partial charge < -0.3 is 4.90 Å². The summed E-state index contributed by atoms with van der Waals surface area (Å²) in [5.74, 6) is -0.211. The third-order valence-electron chi connectivity index (χ3n) is 4.75. The first-order valence-corrected chi connectivity index (χ1v) is 8.68. The number of benzene rings is 4. The third kappa shape index (κ3) is 3.06. The van der Waals surface area contributed by atoms with Crippen molar-refractivity contribution >= 4 is 16.5 Å². The maximum Gasteiger partial charge on any atom is 0.123 e. The molecular weight excluding hydrogens is 321 g/mol. The number of halogens is 1. The van der Waals surface area contributed by atoms with Gasteiger partial charge in [-0.05, 0) is 63.4 Å². The van der Waals surface area contributed by atoms with E-state index < -0.39 is 0 Å². The van der Waals surface area contributed by atoms with E-state index in [2.05, 4.69) is 65.6 Å². The molecule has 0 bridgehead atoms. The van der Waals surface area contributed by atoms with Crippen LogP contribution in [0.1, 0.15) is 0 Å². The fraction of sp³-hybridized carbons (Fsp3) is 0.0833. The van der Waals surface area contributed by atoms with Crippen LogP contribution in [0.2, 0.25) is 0 Å². The van der Waals surface area contributed by atoms with E-state index in [1.165, 1.54) is 39.7 Å². The molecule has 0 heterocycles. The van der Waals surface area contributed by atoms with Crippen LogP contribution in [0.15, 0.2) is 84.9 Å². The van der Waals surface area contributed by atoms with Gasteiger partial charge in [-0.2, -0.15) is 0 Å². The minimum absolute atomic E-state index is 0.211. The molecule has 128 valence electrons. The Morgan fingerprint density at radius 3 is 2.00 bits per heavy atom. The first-order valence-electron chi connectivity index (χ1n) is 8.68. The fourth-order valence-corrected chi connectivity index (χ4v) is 3.30. The summed E-state index contributed by atoms with van der Waals surface area (Å²) in [5.41, 5.74) is 5.73. The smallest absolute Gasteiger partial charge is 0.123 e. The van der Waals surface area contributed by atoms with Crippen LogP contribution in [-0.2, 0) is 0 Å². The highest BCUT2D eigenvalue weighted by atomic mass is 19.1. The van der Waals surface area contributed by atoms with E-state index in [0.29, 0.717) is 0 Å². The van der Waals surface area contributed by atoms with Crippen LogP contribution in [0.3, 0.4) is 0 Å². The molecule has 0 radical (unpaired) electrons. The third-order valence-corrected chi connectivity index (χ3v) is 4.75. The second-order valence-electron chi connectivity index (χ2n) is 6.69. The van der Waals surface area contributed by atoms with Gasteiger partial charge in [0, 0.05) is 19.8 Å². The average Bonchev–Trinajstić information content (AvgIpc) is 2.68. The Balaban J connectivity index is 1.77. The minimum Gasteiger partial charge on any atom is -0.378 e. The molecule has 0 aliphatic heterocycles. The highest BCUT2D eigenvalue weighted by Gasteiger charge is 2.06. The molecule has 0 amide bonds. The normalized spacial score (nSPS) is 10.9. The zero-order valence-corrected chi connectivity index (χ0v) is 14.9. The van der Waals surface area contributed by atoms with Crippen molar-refractivity contribution in [3.05, 3.63) is 90.7 Å². The Kier molecular flexibility index (Phi) is 4.18. The average molecular weight is 341 g/mol. The molecule has 0 N–H and O–H groups in total. The Morgan fingerprint density at radius 1 is 0.654 bits per heavy atom. The maximum absolute atomic E-state index is 13.2. The quantitative estimate of drug-likeness (QED) is 0.418. The van der Waals surface area contributed by atoms with Crippen molar-refractivity contribution in [2.75, 3.05) is 19.0 Å². The number of fused-ring (bicyclic) bond motifs is 1. The SMILES string of the molecule is CN(C)c1ccc(-c2ccc3c(-c4ccc(F)cc4)cccc3c2)cc1. The molecule has 4 rings (SSSR count). The number of anilines is 1. The van der Waals surface area contributed by atoms with Gasteiger partial charge >= 0.3 is 0 Å². The Labute approximate surface area is 153 Å². The molecule has 0 fully saturated rings. The molecule has 2 heteroatoms. The van der Waals surface area contributed by atoms with Gasteiger partial charge in [0.05, 0.1) is 0 Å². The Bertz CT molecular complexity index is 1050. The largest absolute Gasteiger partial charge is 0.378 e. The van der Waals surface area contributed by atoms with Crippen LogP contribution in [0.25, 0.3) is 33.0 Å². The van der Waals surface area contributed by atoms with E-state index in [1.807, 2.05) is 26.2 Å². The molecule has 0 saturated heterocycles. The van der Waals surface area contributed by atoms with Gasteiger partial charge in [-0.1, -0.05) is 54.6 Å². The summed E-state index contributed by atoms with van der Waals surface area (Å²) in [4.78, 5) is 2.10. The van der Waals surface area contributed by atoms with Crippen LogP contribution in [-0.4, -0.2) is 14.1 Å². The topological polar surface area (TPSA) is 3.24 Å². The molecular formula is C24H20FN. The first-order chi connectivity index (χ1) is 12.6. The summed E-state index contributed by atoms with van der Waals surface area (Å²) < 4.78 is 13.2. The van der Waals surface area contributed by atoms with Gasteiger partial charge in [-0.15, -0.1) is 0 Å². The molecule has 26 heavy (non-hydrogen) atoms. The lowest BCUT2D eigenvalue weighted by molar-refractivity contribution is 0.628. The van der Waals surface area contributed by atoms with E-state index in [9.17, 15) is 4.39 Å². The van der Waals surface area contributed by atoms with Gasteiger partial charge in [0.1, 0.15) is 5.82 Å². The molecule has 0 aromatic heterocycles. The molecule has 1 nitrogen and oxygen atoms in total. The van der Waals surface area contributed by atoms with Crippen molar-refractivity contribution < 1.29 is 4.39 Å². The summed E-state index contributed by atoms with van der Waals surface area (Å²) in [7, 11) is 4.09. The zero-order chi connectivity index (χ0) is 18.1. The number of rotatable bonds is 3. The van der Waals surface area contributed by atoms with Crippen LogP contribution in [0.5, 0.6) is 0 Å². The van der Waals surface area contributed by atoms with Crippen LogP contribution in [0.4, 0.5) is 10.1 Å². The summed E-state index contributed by atoms with van der Waals surface area (Å²) in [6.07, 6.45) is 0. The molecule has 0 spiro atoms. The summed E-state index contributed by atoms with van der Waals surface area (Å²) in [6, 6.07) is 28.0. The second-order valence-corrected chi connectivity index (χ2v) is 6.69. The summed E-state index contributed by atoms with van der Waals surface area (Å²) in [5, 5.41) is 2.36. The van der Waals surface area contributed by atoms with Crippen LogP contribution < -0.4 is 4.90 Å². The Morgan fingerprint density at radius 2 is 1.31 bits per heavy atom. The van der Waals surface area contributed by atoms with Crippen molar-refractivity contribution in [1.29, 1.82) is 0 Å². The Hall–Kier alpha value is -3.13. The molecule has 0 unspecified atom stereocenters. The molecule has 4 aromatic rings. The number of hydrogen-bond acceptors (Lipinski definition) is 1. The van der Waals surface area contributed by atoms with Gasteiger partial charge in [-0.25, -0.2) is 4.39 Å². The van der Waals surface area contributed by atoms with Gasteiger partial charge in [0.15, 0.2) is 0 Å². The van der Waals surface area contributed by atoms with E-state index in [1.54, 1.807) is 0 Å². The van der Waals surface area contributed by atoms with E-state index in [4.69, 9.17) is 0 Å². The minimum atomic E-state index is -0.211. The van der Waals surface area contributed by atoms with Crippen molar-refractivity contribution in [1.82, 2.24) is 0 Å². The van der Waals surface area contributed by atoms with Crippen molar-refractivity contribution in [2.24, 2.45) is 0 Å². The second kappa shape index (κ2) is 6.64. The van der Waals surface area contributed by atoms with Crippen molar-refractivity contribution in [3.63, 3.8) is 0 Å². The lowest BCUT2D eigenvalue weighted by atomic mass is 9.95. The van der Waals surface area contributed by atoms with E-state index in [0.717, 1.165) is 11.1 Å². The highest BCUT2D eigenvalue weighted by molar-refractivity contribution is 5.98. The van der Waals surface area contributed by atoms with E-state index >= 15 is 0 Å². The van der Waals surface area contributed by atoms with Crippen LogP contribution in [0, 0.1) is 5.82 Å². The molecule has 4 aromatic carbocycles. The predicted octanol–water partition coefficient (Wildman–Crippen LogP) is 6.38. The zero-order valence-electron chi connectivity index (χ0n) is 14.9. The predicted molar refractivity (Wildman–Crippen MR) is 109 cm³/mol. The lowest BCUT2D eigenvalue weighted by Gasteiger charge is -2.13. The first kappa shape index (κ1) is 16.3. The number of nitrogens with zero attached hydrogens (tertiary/aromatic N) is 1. The van der Waals surface area contributed by atoms with Gasteiger partial charge in [0.25, 0.3) is 0 Å². The fourth-order valence-electron chi connectivity index (χ4n) is 3.30. The van der Waals surface area contributed by atoms with Gasteiger partial charge in [-0.3, -0.25) is 0 Å². The molecule has 0 aliphatic rings. The van der Waals surface area contributed by atoms with E-state index in [-0.39, 0.29) is 5.82 Å². The maximum atomic E-state index is 13.2. The molecule has 0 atom stereocenters. The summed E-state index contributed by atoms with van der Waals surface area (Å²) >= 11 is 0.